The van der Waals surface area contributed by atoms with Gasteiger partial charge in [0.05, 0.1) is 18.6 Å². The molecule has 1 atom stereocenters. The molecule has 2 fully saturated rings. The molecule has 1 spiro atoms. The summed E-state index contributed by atoms with van der Waals surface area (Å²) in [4.78, 5) is 10.2. The molecule has 0 amide bonds. The highest BCUT2D eigenvalue weighted by molar-refractivity contribution is 7.93. The first kappa shape index (κ1) is 16.5. The highest BCUT2D eigenvalue weighted by Gasteiger charge is 2.61. The lowest BCUT2D eigenvalue weighted by Crippen LogP contribution is -2.67. The Kier molecular flexibility index (Phi) is 3.99. The second kappa shape index (κ2) is 6.06. The fourth-order valence-electron chi connectivity index (χ4n) is 3.88. The molecule has 2 aliphatic heterocycles. The summed E-state index contributed by atoms with van der Waals surface area (Å²) in [6, 6.07) is 2.02. The minimum Gasteiger partial charge on any atom is -0.463 e. The third kappa shape index (κ3) is 2.91. The van der Waals surface area contributed by atoms with Gasteiger partial charge >= 0.3 is 6.01 Å². The van der Waals surface area contributed by atoms with Crippen LogP contribution in [0.1, 0.15) is 12.0 Å². The molecule has 4 rings (SSSR count). The van der Waals surface area contributed by atoms with E-state index in [0.29, 0.717) is 32.1 Å². The molecule has 8 nitrogen and oxygen atoms in total. The fraction of sp³-hybridized carbons (Fsp3) is 0.562. The Morgan fingerprint density at radius 1 is 1.32 bits per heavy atom. The average Bonchev–Trinajstić information content (AvgIpc) is 3.08. The minimum atomic E-state index is -3.11. The van der Waals surface area contributed by atoms with Gasteiger partial charge in [-0.25, -0.2) is 18.4 Å². The first-order valence-corrected chi connectivity index (χ1v) is 9.96. The molecular formula is C16H21N5O3S. The summed E-state index contributed by atoms with van der Waals surface area (Å²) in [5.41, 5.74) is 1.10. The van der Waals surface area contributed by atoms with Gasteiger partial charge in [0.2, 0.25) is 0 Å². The summed E-state index contributed by atoms with van der Waals surface area (Å²) in [6.07, 6.45) is 7.64. The quantitative estimate of drug-likeness (QED) is 0.753. The van der Waals surface area contributed by atoms with Crippen molar-refractivity contribution < 1.29 is 13.2 Å². The van der Waals surface area contributed by atoms with Crippen LogP contribution in [0.4, 0.5) is 0 Å². The van der Waals surface area contributed by atoms with Gasteiger partial charge in [-0.1, -0.05) is 0 Å². The molecule has 0 radical (unpaired) electrons. The maximum atomic E-state index is 12.7. The molecule has 4 heterocycles. The number of ether oxygens (including phenoxy) is 1. The molecule has 0 bridgehead atoms. The Morgan fingerprint density at radius 2 is 2.08 bits per heavy atom. The number of aryl methyl sites for hydroxylation is 1. The monoisotopic (exact) mass is 363 g/mol. The first-order valence-electron chi connectivity index (χ1n) is 8.30. The van der Waals surface area contributed by atoms with Gasteiger partial charge in [0.15, 0.2) is 9.84 Å². The summed E-state index contributed by atoms with van der Waals surface area (Å²) < 4.78 is 32.0. The van der Waals surface area contributed by atoms with Crippen LogP contribution in [0.3, 0.4) is 0 Å². The summed E-state index contributed by atoms with van der Waals surface area (Å²) in [5, 5.41) is 4.16. The molecule has 0 saturated carbocycles. The van der Waals surface area contributed by atoms with E-state index in [0.717, 1.165) is 12.1 Å². The van der Waals surface area contributed by atoms with E-state index in [2.05, 4.69) is 20.0 Å². The zero-order valence-electron chi connectivity index (χ0n) is 14.1. The van der Waals surface area contributed by atoms with E-state index < -0.39 is 14.6 Å². The second-order valence-electron chi connectivity index (χ2n) is 6.88. The minimum absolute atomic E-state index is 0.0218. The Hall–Kier alpha value is -2.00. The lowest BCUT2D eigenvalue weighted by atomic mass is 9.83. The van der Waals surface area contributed by atoms with E-state index >= 15 is 0 Å². The predicted octanol–water partition coefficient (Wildman–Crippen LogP) is 0.278. The lowest BCUT2D eigenvalue weighted by molar-refractivity contribution is 0.0572. The average molecular weight is 363 g/mol. The largest absolute Gasteiger partial charge is 0.463 e. The molecular weight excluding hydrogens is 342 g/mol. The topological polar surface area (TPSA) is 90.2 Å². The van der Waals surface area contributed by atoms with Crippen molar-refractivity contribution in [2.45, 2.75) is 17.7 Å². The standard InChI is InChI=1S/C16H21N5O3S/c1-20-8-13(7-19-20)9-21-11-16(12-21)14(3-6-25(16,22)23)10-24-15-17-4-2-5-18-15/h2,4-5,7-8,14H,3,6,9-12H2,1H3. The SMILES string of the molecule is Cn1cc(CN2CC3(C2)C(COc2ncccn2)CCS3(=O)=O)cn1. The van der Waals surface area contributed by atoms with Gasteiger partial charge in [0, 0.05) is 56.8 Å². The highest BCUT2D eigenvalue weighted by atomic mass is 32.2. The van der Waals surface area contributed by atoms with Crippen LogP contribution >= 0.6 is 0 Å². The van der Waals surface area contributed by atoms with E-state index in [9.17, 15) is 8.42 Å². The van der Waals surface area contributed by atoms with Crippen LogP contribution in [0.5, 0.6) is 6.01 Å². The number of sulfone groups is 1. The van der Waals surface area contributed by atoms with Gasteiger partial charge in [-0.3, -0.25) is 9.58 Å². The Balaban J connectivity index is 1.43. The third-order valence-electron chi connectivity index (χ3n) is 5.20. The van der Waals surface area contributed by atoms with E-state index in [1.165, 1.54) is 0 Å². The smallest absolute Gasteiger partial charge is 0.316 e. The fourth-order valence-corrected chi connectivity index (χ4v) is 6.33. The molecule has 0 aromatic carbocycles. The van der Waals surface area contributed by atoms with Crippen molar-refractivity contribution in [2.75, 3.05) is 25.4 Å². The van der Waals surface area contributed by atoms with Crippen molar-refractivity contribution in [1.82, 2.24) is 24.6 Å². The highest BCUT2D eigenvalue weighted by Crippen LogP contribution is 2.45. The van der Waals surface area contributed by atoms with Crippen molar-refractivity contribution in [1.29, 1.82) is 0 Å². The summed E-state index contributed by atoms with van der Waals surface area (Å²) in [5.74, 6) is 0.212. The van der Waals surface area contributed by atoms with Crippen LogP contribution in [0, 0.1) is 5.92 Å². The van der Waals surface area contributed by atoms with Crippen molar-refractivity contribution in [3.8, 4) is 6.01 Å². The van der Waals surface area contributed by atoms with Crippen molar-refractivity contribution >= 4 is 9.84 Å². The Labute approximate surface area is 146 Å². The first-order chi connectivity index (χ1) is 12.0. The Bertz CT molecular complexity index is 846. The third-order valence-corrected chi connectivity index (χ3v) is 7.80. The summed E-state index contributed by atoms with van der Waals surface area (Å²) in [7, 11) is -1.23. The molecule has 1 unspecified atom stereocenters. The van der Waals surface area contributed by atoms with Gasteiger partial charge in [-0.15, -0.1) is 0 Å². The number of hydrogen-bond acceptors (Lipinski definition) is 7. The molecule has 0 N–H and O–H groups in total. The lowest BCUT2D eigenvalue weighted by Gasteiger charge is -2.49. The number of likely N-dealkylation sites (tertiary alicyclic amines) is 1. The zero-order chi connectivity index (χ0) is 17.5. The molecule has 134 valence electrons. The van der Waals surface area contributed by atoms with Crippen molar-refractivity contribution in [3.05, 3.63) is 36.4 Å². The second-order valence-corrected chi connectivity index (χ2v) is 9.33. The van der Waals surface area contributed by atoms with Gasteiger partial charge in [0.1, 0.15) is 4.75 Å². The molecule has 2 aromatic heterocycles. The van der Waals surface area contributed by atoms with Crippen molar-refractivity contribution in [2.24, 2.45) is 13.0 Å². The van der Waals surface area contributed by atoms with Crippen LogP contribution in [0.2, 0.25) is 0 Å². The maximum Gasteiger partial charge on any atom is 0.316 e. The molecule has 0 aliphatic carbocycles. The van der Waals surface area contributed by atoms with E-state index in [-0.39, 0.29) is 11.7 Å². The van der Waals surface area contributed by atoms with Gasteiger partial charge in [-0.05, 0) is 12.5 Å². The zero-order valence-corrected chi connectivity index (χ0v) is 14.9. The number of hydrogen-bond donors (Lipinski definition) is 0. The number of rotatable bonds is 5. The van der Waals surface area contributed by atoms with Crippen LogP contribution in [-0.2, 0) is 23.4 Å². The van der Waals surface area contributed by atoms with Crippen LogP contribution < -0.4 is 4.74 Å². The predicted molar refractivity (Wildman–Crippen MR) is 90.6 cm³/mol. The van der Waals surface area contributed by atoms with Crippen molar-refractivity contribution in [3.63, 3.8) is 0 Å². The Morgan fingerprint density at radius 3 is 2.76 bits per heavy atom. The molecule has 2 aliphatic rings. The van der Waals surface area contributed by atoms with Crippen LogP contribution in [0.25, 0.3) is 0 Å². The van der Waals surface area contributed by atoms with Gasteiger partial charge in [0.25, 0.3) is 0 Å². The molecule has 2 aromatic rings. The summed E-state index contributed by atoms with van der Waals surface area (Å²) in [6.45, 7) is 2.16. The number of aromatic nitrogens is 4. The van der Waals surface area contributed by atoms with Gasteiger partial charge < -0.3 is 4.74 Å². The molecule has 9 heteroatoms. The molecule has 2 saturated heterocycles. The molecule has 25 heavy (non-hydrogen) atoms. The van der Waals surface area contributed by atoms with Crippen LogP contribution in [0.15, 0.2) is 30.9 Å². The maximum absolute atomic E-state index is 12.7. The van der Waals surface area contributed by atoms with E-state index in [1.807, 2.05) is 19.4 Å². The normalized spacial score (nSPS) is 24.3. The number of nitrogens with zero attached hydrogens (tertiary/aromatic N) is 5. The van der Waals surface area contributed by atoms with Crippen LogP contribution in [-0.4, -0.2) is 63.3 Å². The summed E-state index contributed by atoms with van der Waals surface area (Å²) >= 11 is 0. The van der Waals surface area contributed by atoms with Gasteiger partial charge in [-0.2, -0.15) is 5.10 Å². The van der Waals surface area contributed by atoms with E-state index in [1.54, 1.807) is 23.1 Å². The van der Waals surface area contributed by atoms with E-state index in [4.69, 9.17) is 4.74 Å².